The van der Waals surface area contributed by atoms with Crippen molar-refractivity contribution in [2.45, 2.75) is 31.3 Å². The van der Waals surface area contributed by atoms with Gasteiger partial charge in [0.05, 0.1) is 0 Å². The molecule has 0 bridgehead atoms. The van der Waals surface area contributed by atoms with Crippen molar-refractivity contribution in [3.05, 3.63) is 53.1 Å². The number of benzene rings is 2. The molecule has 2 aromatic carbocycles. The molecule has 0 aliphatic carbocycles. The molecule has 21 heavy (non-hydrogen) atoms. The second-order valence-corrected chi connectivity index (χ2v) is 6.33. The van der Waals surface area contributed by atoms with Crippen LogP contribution >= 0.6 is 23.4 Å². The zero-order valence-corrected chi connectivity index (χ0v) is 14.1. The first-order valence-electron chi connectivity index (χ1n) is 6.93. The first-order valence-corrected chi connectivity index (χ1v) is 8.53. The van der Waals surface area contributed by atoms with Crippen molar-refractivity contribution < 1.29 is 4.74 Å². The lowest BCUT2D eigenvalue weighted by molar-refractivity contribution is 0.459. The molecule has 0 saturated carbocycles. The summed E-state index contributed by atoms with van der Waals surface area (Å²) in [4.78, 5) is 1.12. The van der Waals surface area contributed by atoms with E-state index >= 15 is 0 Å². The van der Waals surface area contributed by atoms with Gasteiger partial charge in [0.15, 0.2) is 0 Å². The molecule has 2 aromatic rings. The lowest BCUT2D eigenvalue weighted by Crippen LogP contribution is -2.22. The Balaban J connectivity index is 2.26. The maximum Gasteiger partial charge on any atom is 0.140 e. The zero-order chi connectivity index (χ0) is 15.2. The van der Waals surface area contributed by atoms with Gasteiger partial charge in [0.2, 0.25) is 0 Å². The fourth-order valence-corrected chi connectivity index (χ4v) is 2.64. The van der Waals surface area contributed by atoms with Crippen molar-refractivity contribution in [2.24, 2.45) is 0 Å². The highest BCUT2D eigenvalue weighted by Gasteiger charge is 2.09. The maximum absolute atomic E-state index is 6.11. The number of halogens is 1. The molecule has 0 saturated heterocycles. The van der Waals surface area contributed by atoms with Gasteiger partial charge in [-0.25, -0.2) is 0 Å². The Bertz CT molecular complexity index is 601. The largest absolute Gasteiger partial charge is 0.456 e. The first-order chi connectivity index (χ1) is 10.1. The van der Waals surface area contributed by atoms with Crippen molar-refractivity contribution in [1.29, 1.82) is 0 Å². The van der Waals surface area contributed by atoms with E-state index in [1.54, 1.807) is 11.8 Å². The van der Waals surface area contributed by atoms with E-state index in [0.717, 1.165) is 33.5 Å². The highest BCUT2D eigenvalue weighted by molar-refractivity contribution is 7.98. The van der Waals surface area contributed by atoms with Crippen LogP contribution in [0.25, 0.3) is 0 Å². The summed E-state index contributed by atoms with van der Waals surface area (Å²) in [6.45, 7) is 4.97. The molecule has 0 spiro atoms. The molecule has 0 atom stereocenters. The van der Waals surface area contributed by atoms with Gasteiger partial charge in [-0.05, 0) is 36.6 Å². The minimum atomic E-state index is 0.412. The minimum Gasteiger partial charge on any atom is -0.456 e. The van der Waals surface area contributed by atoms with E-state index in [-0.39, 0.29) is 0 Å². The van der Waals surface area contributed by atoms with E-state index in [2.05, 4.69) is 25.2 Å². The van der Waals surface area contributed by atoms with E-state index < -0.39 is 0 Å². The summed E-state index contributed by atoms with van der Waals surface area (Å²) in [7, 11) is 0. The van der Waals surface area contributed by atoms with Gasteiger partial charge in [0.25, 0.3) is 0 Å². The standard InChI is InChI=1S/C17H20ClNOS/c1-12(2)19-11-13-10-14(18)8-9-15(13)20-16-6-4-5-7-17(16)21-3/h4-10,12,19H,11H2,1-3H3. The van der Waals surface area contributed by atoms with Crippen LogP contribution in [-0.2, 0) is 6.54 Å². The van der Waals surface area contributed by atoms with Crippen molar-refractivity contribution in [1.82, 2.24) is 5.32 Å². The average molecular weight is 322 g/mol. The maximum atomic E-state index is 6.11. The molecule has 4 heteroatoms. The van der Waals surface area contributed by atoms with E-state index in [1.807, 2.05) is 42.7 Å². The van der Waals surface area contributed by atoms with Gasteiger partial charge in [0, 0.05) is 28.1 Å². The van der Waals surface area contributed by atoms with Gasteiger partial charge in [0.1, 0.15) is 11.5 Å². The molecule has 2 nitrogen and oxygen atoms in total. The smallest absolute Gasteiger partial charge is 0.140 e. The Hall–Kier alpha value is -1.16. The molecule has 0 unspecified atom stereocenters. The molecule has 0 aliphatic heterocycles. The van der Waals surface area contributed by atoms with Crippen molar-refractivity contribution in [3.8, 4) is 11.5 Å². The Morgan fingerprint density at radius 1 is 1.14 bits per heavy atom. The summed E-state index contributed by atoms with van der Waals surface area (Å²) >= 11 is 7.78. The van der Waals surface area contributed by atoms with Gasteiger partial charge in [-0.3, -0.25) is 0 Å². The van der Waals surface area contributed by atoms with Crippen LogP contribution in [0.2, 0.25) is 5.02 Å². The molecule has 0 aliphatic rings. The van der Waals surface area contributed by atoms with Crippen LogP contribution in [-0.4, -0.2) is 12.3 Å². The number of para-hydroxylation sites is 1. The second kappa shape index (κ2) is 7.74. The van der Waals surface area contributed by atoms with Crippen molar-refractivity contribution in [2.75, 3.05) is 6.26 Å². The van der Waals surface area contributed by atoms with E-state index in [1.165, 1.54) is 0 Å². The summed E-state index contributed by atoms with van der Waals surface area (Å²) in [6.07, 6.45) is 2.05. The van der Waals surface area contributed by atoms with Crippen LogP contribution in [0, 0.1) is 0 Å². The monoisotopic (exact) mass is 321 g/mol. The fraction of sp³-hybridized carbons (Fsp3) is 0.294. The predicted octanol–water partition coefficient (Wildman–Crippen LogP) is 5.35. The highest BCUT2D eigenvalue weighted by atomic mass is 35.5. The summed E-state index contributed by atoms with van der Waals surface area (Å²) < 4.78 is 6.10. The van der Waals surface area contributed by atoms with Crippen LogP contribution < -0.4 is 10.1 Å². The Morgan fingerprint density at radius 2 is 1.90 bits per heavy atom. The highest BCUT2D eigenvalue weighted by Crippen LogP contribution is 2.33. The molecule has 112 valence electrons. The topological polar surface area (TPSA) is 21.3 Å². The lowest BCUT2D eigenvalue weighted by Gasteiger charge is -2.15. The van der Waals surface area contributed by atoms with Gasteiger partial charge in [-0.15, -0.1) is 11.8 Å². The van der Waals surface area contributed by atoms with E-state index in [9.17, 15) is 0 Å². The Kier molecular flexibility index (Phi) is 5.97. The van der Waals surface area contributed by atoms with Crippen LogP contribution in [0.3, 0.4) is 0 Å². The third-order valence-electron chi connectivity index (χ3n) is 3.01. The third kappa shape index (κ3) is 4.67. The number of hydrogen-bond donors (Lipinski definition) is 1. The minimum absolute atomic E-state index is 0.412. The molecular weight excluding hydrogens is 302 g/mol. The molecule has 2 rings (SSSR count). The molecule has 1 N–H and O–H groups in total. The summed E-state index contributed by atoms with van der Waals surface area (Å²) in [5.41, 5.74) is 1.06. The van der Waals surface area contributed by atoms with Gasteiger partial charge in [-0.1, -0.05) is 37.6 Å². The van der Waals surface area contributed by atoms with Crippen LogP contribution in [0.4, 0.5) is 0 Å². The van der Waals surface area contributed by atoms with Crippen molar-refractivity contribution in [3.63, 3.8) is 0 Å². The first kappa shape index (κ1) is 16.2. The summed E-state index contributed by atoms with van der Waals surface area (Å²) in [5.74, 6) is 1.71. The number of hydrogen-bond acceptors (Lipinski definition) is 3. The molecule has 0 amide bonds. The predicted molar refractivity (Wildman–Crippen MR) is 91.7 cm³/mol. The Morgan fingerprint density at radius 3 is 2.62 bits per heavy atom. The van der Waals surface area contributed by atoms with Crippen LogP contribution in [0.1, 0.15) is 19.4 Å². The summed E-state index contributed by atoms with van der Waals surface area (Å²) in [6, 6.07) is 14.2. The summed E-state index contributed by atoms with van der Waals surface area (Å²) in [5, 5.41) is 4.12. The number of nitrogens with one attached hydrogen (secondary N) is 1. The van der Waals surface area contributed by atoms with E-state index in [0.29, 0.717) is 6.04 Å². The third-order valence-corrected chi connectivity index (χ3v) is 4.02. The molecule has 0 aromatic heterocycles. The Labute approximate surface area is 135 Å². The van der Waals surface area contributed by atoms with Gasteiger partial charge in [-0.2, -0.15) is 0 Å². The second-order valence-electron chi connectivity index (χ2n) is 5.04. The normalized spacial score (nSPS) is 10.9. The molecular formula is C17H20ClNOS. The zero-order valence-electron chi connectivity index (χ0n) is 12.5. The number of thioether (sulfide) groups is 1. The lowest BCUT2D eigenvalue weighted by atomic mass is 10.2. The van der Waals surface area contributed by atoms with Gasteiger partial charge < -0.3 is 10.1 Å². The van der Waals surface area contributed by atoms with Crippen LogP contribution in [0.5, 0.6) is 11.5 Å². The molecule has 0 radical (unpaired) electrons. The number of ether oxygens (including phenoxy) is 1. The van der Waals surface area contributed by atoms with Crippen LogP contribution in [0.15, 0.2) is 47.4 Å². The van der Waals surface area contributed by atoms with E-state index in [4.69, 9.17) is 16.3 Å². The fourth-order valence-electron chi connectivity index (χ4n) is 1.92. The molecule has 0 fully saturated rings. The quantitative estimate of drug-likeness (QED) is 0.724. The van der Waals surface area contributed by atoms with Crippen molar-refractivity contribution >= 4 is 23.4 Å². The SMILES string of the molecule is CSc1ccccc1Oc1ccc(Cl)cc1CNC(C)C. The average Bonchev–Trinajstić information content (AvgIpc) is 2.48. The number of rotatable bonds is 6. The molecule has 0 heterocycles. The van der Waals surface area contributed by atoms with Gasteiger partial charge >= 0.3 is 0 Å².